The zero-order chi connectivity index (χ0) is 14.5. The molecule has 0 saturated carbocycles. The number of H-pyrrole nitrogens is 1. The van der Waals surface area contributed by atoms with Gasteiger partial charge in [0.05, 0.1) is 6.61 Å². The van der Waals surface area contributed by atoms with E-state index >= 15 is 0 Å². The first-order chi connectivity index (χ1) is 10.3. The first-order valence-corrected chi connectivity index (χ1v) is 7.64. The fraction of sp³-hybridized carbons (Fsp3) is 0.500. The molecule has 0 aliphatic carbocycles. The van der Waals surface area contributed by atoms with Crippen LogP contribution >= 0.6 is 0 Å². The average Bonchev–Trinajstić information content (AvgIpc) is 3.04. The van der Waals surface area contributed by atoms with Crippen LogP contribution in [0.1, 0.15) is 36.9 Å². The van der Waals surface area contributed by atoms with Crippen molar-refractivity contribution in [3.63, 3.8) is 0 Å². The highest BCUT2D eigenvalue weighted by Crippen LogP contribution is 2.26. The Morgan fingerprint density at radius 3 is 3.05 bits per heavy atom. The fourth-order valence-electron chi connectivity index (χ4n) is 2.94. The first kappa shape index (κ1) is 14.1. The number of ether oxygens (including phenoxy) is 1. The molecule has 0 amide bonds. The molecule has 1 aliphatic rings. The third-order valence-electron chi connectivity index (χ3n) is 3.96. The summed E-state index contributed by atoms with van der Waals surface area (Å²) in [7, 11) is 0. The second-order valence-electron chi connectivity index (χ2n) is 5.52. The maximum absolute atomic E-state index is 5.38. The van der Waals surface area contributed by atoms with Crippen LogP contribution in [0, 0.1) is 0 Å². The molecule has 0 spiro atoms. The van der Waals surface area contributed by atoms with E-state index < -0.39 is 0 Å². The highest BCUT2D eigenvalue weighted by molar-refractivity contribution is 5.18. The third kappa shape index (κ3) is 3.61. The Hall–Kier alpha value is -1.88. The zero-order valence-corrected chi connectivity index (χ0v) is 12.5. The van der Waals surface area contributed by atoms with E-state index in [-0.39, 0.29) is 0 Å². The molecule has 2 aromatic rings. The average molecular weight is 286 g/mol. The Bertz CT molecular complexity index is 538. The van der Waals surface area contributed by atoms with Crippen LogP contribution in [0.3, 0.4) is 0 Å². The minimum absolute atomic E-state index is 0.567. The van der Waals surface area contributed by atoms with Gasteiger partial charge in [-0.05, 0) is 37.9 Å². The van der Waals surface area contributed by atoms with Gasteiger partial charge in [-0.15, -0.1) is 0 Å². The van der Waals surface area contributed by atoms with Gasteiger partial charge in [-0.3, -0.25) is 10.00 Å². The second-order valence-corrected chi connectivity index (χ2v) is 5.52. The lowest BCUT2D eigenvalue weighted by atomic mass is 9.94. The summed E-state index contributed by atoms with van der Waals surface area (Å²) in [6.07, 6.45) is 6.23. The van der Waals surface area contributed by atoms with Crippen LogP contribution in [-0.2, 0) is 6.54 Å². The lowest BCUT2D eigenvalue weighted by Crippen LogP contribution is -2.34. The standard InChI is InChI=1S/C16H22N4O/c1-2-21-16-6-5-13(10-17-16)11-20-9-3-4-14(12-20)15-7-8-18-19-15/h5-8,10,14H,2-4,9,11-12H2,1H3,(H,18,19)/t14-/m0/s1. The SMILES string of the molecule is CCOc1ccc(CN2CCC[C@H](c3ccn[nH]3)C2)cn1. The molecule has 5 heteroatoms. The van der Waals surface area contributed by atoms with Gasteiger partial charge in [-0.1, -0.05) is 6.07 Å². The van der Waals surface area contributed by atoms with Crippen LogP contribution in [0.4, 0.5) is 0 Å². The molecular weight excluding hydrogens is 264 g/mol. The number of aromatic nitrogens is 3. The summed E-state index contributed by atoms with van der Waals surface area (Å²) in [5.41, 5.74) is 2.49. The summed E-state index contributed by atoms with van der Waals surface area (Å²) in [5, 5.41) is 7.17. The minimum atomic E-state index is 0.567. The Labute approximate surface area is 125 Å². The second kappa shape index (κ2) is 6.72. The van der Waals surface area contributed by atoms with Crippen molar-refractivity contribution in [2.24, 2.45) is 0 Å². The molecule has 1 atom stereocenters. The van der Waals surface area contributed by atoms with Crippen molar-refractivity contribution in [2.45, 2.75) is 32.2 Å². The summed E-state index contributed by atoms with van der Waals surface area (Å²) in [6, 6.07) is 6.15. The van der Waals surface area contributed by atoms with E-state index in [4.69, 9.17) is 4.74 Å². The molecule has 21 heavy (non-hydrogen) atoms. The fourth-order valence-corrected chi connectivity index (χ4v) is 2.94. The maximum Gasteiger partial charge on any atom is 0.213 e. The largest absolute Gasteiger partial charge is 0.478 e. The number of aromatic amines is 1. The molecule has 0 aromatic carbocycles. The Balaban J connectivity index is 1.59. The summed E-state index contributed by atoms with van der Waals surface area (Å²) in [5.74, 6) is 1.27. The maximum atomic E-state index is 5.38. The molecule has 5 nitrogen and oxygen atoms in total. The van der Waals surface area contributed by atoms with Crippen molar-refractivity contribution in [2.75, 3.05) is 19.7 Å². The predicted molar refractivity (Wildman–Crippen MR) is 81.2 cm³/mol. The van der Waals surface area contributed by atoms with Gasteiger partial charge < -0.3 is 4.74 Å². The molecule has 0 radical (unpaired) electrons. The van der Waals surface area contributed by atoms with E-state index in [1.54, 1.807) is 0 Å². The normalized spacial score (nSPS) is 19.6. The van der Waals surface area contributed by atoms with Crippen molar-refractivity contribution in [3.8, 4) is 5.88 Å². The number of nitrogens with one attached hydrogen (secondary N) is 1. The first-order valence-electron chi connectivity index (χ1n) is 7.64. The molecule has 3 heterocycles. The molecule has 112 valence electrons. The summed E-state index contributed by atoms with van der Waals surface area (Å²) in [4.78, 5) is 6.83. The van der Waals surface area contributed by atoms with E-state index in [0.717, 1.165) is 19.6 Å². The third-order valence-corrected chi connectivity index (χ3v) is 3.96. The van der Waals surface area contributed by atoms with Crippen LogP contribution in [0.15, 0.2) is 30.6 Å². The highest BCUT2D eigenvalue weighted by Gasteiger charge is 2.22. The topological polar surface area (TPSA) is 54.0 Å². The molecule has 1 saturated heterocycles. The van der Waals surface area contributed by atoms with E-state index in [0.29, 0.717) is 18.4 Å². The van der Waals surface area contributed by atoms with Gasteiger partial charge in [-0.25, -0.2) is 4.98 Å². The molecule has 0 bridgehead atoms. The summed E-state index contributed by atoms with van der Waals surface area (Å²) >= 11 is 0. The summed E-state index contributed by atoms with van der Waals surface area (Å²) in [6.45, 7) is 5.81. The lowest BCUT2D eigenvalue weighted by Gasteiger charge is -2.32. The highest BCUT2D eigenvalue weighted by atomic mass is 16.5. The van der Waals surface area contributed by atoms with Crippen molar-refractivity contribution in [1.82, 2.24) is 20.1 Å². The van der Waals surface area contributed by atoms with Gasteiger partial charge in [0.2, 0.25) is 5.88 Å². The Morgan fingerprint density at radius 1 is 1.38 bits per heavy atom. The number of hydrogen-bond acceptors (Lipinski definition) is 4. The van der Waals surface area contributed by atoms with Gasteiger partial charge >= 0.3 is 0 Å². The number of likely N-dealkylation sites (tertiary alicyclic amines) is 1. The van der Waals surface area contributed by atoms with Crippen LogP contribution in [0.5, 0.6) is 5.88 Å². The molecule has 0 unspecified atom stereocenters. The number of hydrogen-bond donors (Lipinski definition) is 1. The molecule has 1 aliphatic heterocycles. The quantitative estimate of drug-likeness (QED) is 0.918. The van der Waals surface area contributed by atoms with Gasteiger partial charge in [0.25, 0.3) is 0 Å². The zero-order valence-electron chi connectivity index (χ0n) is 12.5. The van der Waals surface area contributed by atoms with Crippen molar-refractivity contribution < 1.29 is 4.74 Å². The number of nitrogens with zero attached hydrogens (tertiary/aromatic N) is 3. The molecule has 1 N–H and O–H groups in total. The number of piperidine rings is 1. The van der Waals surface area contributed by atoms with Gasteiger partial charge in [0.15, 0.2) is 0 Å². The molecule has 3 rings (SSSR count). The monoisotopic (exact) mass is 286 g/mol. The van der Waals surface area contributed by atoms with Crippen LogP contribution in [-0.4, -0.2) is 39.8 Å². The Morgan fingerprint density at radius 2 is 2.33 bits per heavy atom. The van der Waals surface area contributed by atoms with Crippen LogP contribution < -0.4 is 4.74 Å². The molecule has 2 aromatic heterocycles. The summed E-state index contributed by atoms with van der Waals surface area (Å²) < 4.78 is 5.38. The van der Waals surface area contributed by atoms with Gasteiger partial charge in [-0.2, -0.15) is 5.10 Å². The molecular formula is C16H22N4O. The Kier molecular flexibility index (Phi) is 4.50. The van der Waals surface area contributed by atoms with E-state index in [2.05, 4.69) is 32.2 Å². The van der Waals surface area contributed by atoms with E-state index in [1.807, 2.05) is 25.4 Å². The lowest BCUT2D eigenvalue weighted by molar-refractivity contribution is 0.198. The number of pyridine rings is 1. The van der Waals surface area contributed by atoms with Gasteiger partial charge in [0, 0.05) is 43.2 Å². The van der Waals surface area contributed by atoms with E-state index in [1.165, 1.54) is 24.1 Å². The number of rotatable bonds is 5. The van der Waals surface area contributed by atoms with E-state index in [9.17, 15) is 0 Å². The molecule has 1 fully saturated rings. The van der Waals surface area contributed by atoms with Gasteiger partial charge in [0.1, 0.15) is 0 Å². The predicted octanol–water partition coefficient (Wildman–Crippen LogP) is 2.58. The van der Waals surface area contributed by atoms with Crippen LogP contribution in [0.2, 0.25) is 0 Å². The minimum Gasteiger partial charge on any atom is -0.478 e. The smallest absolute Gasteiger partial charge is 0.213 e. The van der Waals surface area contributed by atoms with Crippen molar-refractivity contribution >= 4 is 0 Å². The van der Waals surface area contributed by atoms with Crippen molar-refractivity contribution in [3.05, 3.63) is 41.9 Å². The van der Waals surface area contributed by atoms with Crippen LogP contribution in [0.25, 0.3) is 0 Å². The van der Waals surface area contributed by atoms with Crippen molar-refractivity contribution in [1.29, 1.82) is 0 Å².